The molecule has 1 unspecified atom stereocenters. The van der Waals surface area contributed by atoms with Gasteiger partial charge in [0.25, 0.3) is 0 Å². The van der Waals surface area contributed by atoms with Gasteiger partial charge < -0.3 is 4.74 Å². The molecule has 1 aliphatic rings. The van der Waals surface area contributed by atoms with E-state index in [-0.39, 0.29) is 23.0 Å². The molecule has 5 nitrogen and oxygen atoms in total. The molecule has 0 fully saturated rings. The van der Waals surface area contributed by atoms with Crippen LogP contribution in [-0.4, -0.2) is 12.6 Å². The average Bonchev–Trinajstić information content (AvgIpc) is 2.80. The molecule has 0 saturated carbocycles. The van der Waals surface area contributed by atoms with E-state index in [0.717, 1.165) is 19.3 Å². The summed E-state index contributed by atoms with van der Waals surface area (Å²) in [5, 5.41) is 0. The molecule has 21 heavy (non-hydrogen) atoms. The summed E-state index contributed by atoms with van der Waals surface area (Å²) >= 11 is 0. The molecule has 0 heterocycles. The Hall–Kier alpha value is -1.31. The van der Waals surface area contributed by atoms with E-state index in [2.05, 4.69) is 44.3 Å². The van der Waals surface area contributed by atoms with E-state index < -0.39 is 0 Å². The van der Waals surface area contributed by atoms with Crippen LogP contribution in [0.15, 0.2) is 24.3 Å². The zero-order valence-corrected chi connectivity index (χ0v) is 12.9. The molecule has 1 atom stereocenters. The standard InChI is InChI=1S/C12H18O2.3CO.Fe/c1-2-14-12(13)10-9-11-7-5-3-4-6-8-11;3*1-2;/h3-5,7,11H,2,6,8-10H2,1H3;;;;. The topological polar surface area (TPSA) is 86.0 Å². The van der Waals surface area contributed by atoms with Crippen molar-refractivity contribution in [2.24, 2.45) is 5.92 Å². The van der Waals surface area contributed by atoms with Gasteiger partial charge in [0.15, 0.2) is 0 Å². The van der Waals surface area contributed by atoms with Gasteiger partial charge in [-0.1, -0.05) is 24.3 Å². The van der Waals surface area contributed by atoms with E-state index in [1.165, 1.54) is 0 Å². The molecule has 0 aromatic carbocycles. The van der Waals surface area contributed by atoms with Crippen molar-refractivity contribution in [1.82, 2.24) is 0 Å². The van der Waals surface area contributed by atoms with Gasteiger partial charge in [0.1, 0.15) is 0 Å². The smallest absolute Gasteiger partial charge is 0 e. The SMILES string of the molecule is CCOC(=O)CCC1C=CC=CCC1.[C-]#[O+].[C-]#[O+].[C-]#[O+].[Fe]. The number of ether oxygens (including phenoxy) is 1. The number of carbonyl (C=O) groups excluding carboxylic acids is 1. The second-order valence-corrected chi connectivity index (χ2v) is 3.49. The molecule has 0 amide bonds. The molecule has 0 bridgehead atoms. The van der Waals surface area contributed by atoms with E-state index in [1.807, 2.05) is 6.92 Å². The quantitative estimate of drug-likeness (QED) is 0.343. The third-order valence-electron chi connectivity index (χ3n) is 2.36. The van der Waals surface area contributed by atoms with E-state index in [0.29, 0.717) is 18.9 Å². The largest absolute Gasteiger partial charge is 0 e. The van der Waals surface area contributed by atoms with Gasteiger partial charge in [0.05, 0.1) is 6.61 Å². The fraction of sp³-hybridized carbons (Fsp3) is 0.467. The summed E-state index contributed by atoms with van der Waals surface area (Å²) in [7, 11) is 0. The minimum absolute atomic E-state index is 0. The van der Waals surface area contributed by atoms with Crippen LogP contribution in [0.5, 0.6) is 0 Å². The fourth-order valence-electron chi connectivity index (χ4n) is 1.58. The van der Waals surface area contributed by atoms with Crippen molar-refractivity contribution < 1.29 is 40.6 Å². The molecule has 1 rings (SSSR count). The van der Waals surface area contributed by atoms with Crippen molar-refractivity contribution in [3.8, 4) is 0 Å². The van der Waals surface area contributed by atoms with E-state index >= 15 is 0 Å². The predicted octanol–water partition coefficient (Wildman–Crippen LogP) is 2.74. The first-order valence-electron chi connectivity index (χ1n) is 5.93. The number of carbonyl (C=O) groups is 1. The van der Waals surface area contributed by atoms with Crippen LogP contribution in [0.1, 0.15) is 32.6 Å². The van der Waals surface area contributed by atoms with Crippen LogP contribution in [0.4, 0.5) is 0 Å². The third kappa shape index (κ3) is 21.1. The van der Waals surface area contributed by atoms with Gasteiger partial charge in [-0.15, -0.1) is 0 Å². The zero-order valence-electron chi connectivity index (χ0n) is 11.8. The van der Waals surface area contributed by atoms with E-state index in [4.69, 9.17) is 18.7 Å². The summed E-state index contributed by atoms with van der Waals surface area (Å²) in [6.07, 6.45) is 12.2. The average molecular weight is 334 g/mol. The van der Waals surface area contributed by atoms with Crippen LogP contribution in [0.3, 0.4) is 0 Å². The fourth-order valence-corrected chi connectivity index (χ4v) is 1.58. The Morgan fingerprint density at radius 2 is 1.76 bits per heavy atom. The number of rotatable bonds is 4. The molecule has 0 aromatic rings. The molecule has 6 heteroatoms. The van der Waals surface area contributed by atoms with Gasteiger partial charge >= 0.3 is 39.9 Å². The van der Waals surface area contributed by atoms with Gasteiger partial charge in [0, 0.05) is 23.5 Å². The number of esters is 1. The Kier molecular flexibility index (Phi) is 36.1. The van der Waals surface area contributed by atoms with Crippen LogP contribution in [0.2, 0.25) is 0 Å². The van der Waals surface area contributed by atoms with Gasteiger partial charge in [-0.05, 0) is 32.1 Å². The van der Waals surface area contributed by atoms with Crippen LogP contribution in [0.25, 0.3) is 0 Å². The van der Waals surface area contributed by atoms with Gasteiger partial charge in [-0.3, -0.25) is 4.79 Å². The molecular weight excluding hydrogens is 316 g/mol. The summed E-state index contributed by atoms with van der Waals surface area (Å²) in [5.41, 5.74) is 0. The van der Waals surface area contributed by atoms with Crippen LogP contribution in [-0.2, 0) is 40.6 Å². The maximum Gasteiger partial charge on any atom is 0 e. The molecule has 0 aliphatic heterocycles. The van der Waals surface area contributed by atoms with Gasteiger partial charge in [-0.25, -0.2) is 0 Å². The van der Waals surface area contributed by atoms with Crippen molar-refractivity contribution in [3.05, 3.63) is 44.3 Å². The summed E-state index contributed by atoms with van der Waals surface area (Å²) < 4.78 is 27.4. The normalized spacial score (nSPS) is 14.0. The Bertz CT molecular complexity index is 327. The van der Waals surface area contributed by atoms with Crippen LogP contribution in [0, 0.1) is 25.9 Å². The van der Waals surface area contributed by atoms with Crippen molar-refractivity contribution >= 4 is 5.97 Å². The van der Waals surface area contributed by atoms with Gasteiger partial charge in [-0.2, -0.15) is 0 Å². The minimum atomic E-state index is -0.0712. The predicted molar refractivity (Wildman–Crippen MR) is 68.7 cm³/mol. The summed E-state index contributed by atoms with van der Waals surface area (Å²) in [5.74, 6) is 0.465. The molecule has 1 aliphatic carbocycles. The molecule has 0 aromatic heterocycles. The number of hydrogen-bond acceptors (Lipinski definition) is 2. The summed E-state index contributed by atoms with van der Waals surface area (Å²) in [6.45, 7) is 15.8. The van der Waals surface area contributed by atoms with Crippen molar-refractivity contribution in [2.75, 3.05) is 6.61 Å². The first-order chi connectivity index (χ1) is 9.83. The Morgan fingerprint density at radius 1 is 1.19 bits per heavy atom. The monoisotopic (exact) mass is 334 g/mol. The summed E-state index contributed by atoms with van der Waals surface area (Å²) in [4.78, 5) is 11.1. The molecule has 0 N–H and O–H groups in total. The Balaban J connectivity index is -0.000000183. The Morgan fingerprint density at radius 3 is 2.29 bits per heavy atom. The maximum atomic E-state index is 11.1. The van der Waals surface area contributed by atoms with E-state index in [9.17, 15) is 4.79 Å². The molecule has 0 spiro atoms. The van der Waals surface area contributed by atoms with Gasteiger partial charge in [0.2, 0.25) is 0 Å². The van der Waals surface area contributed by atoms with Crippen LogP contribution < -0.4 is 0 Å². The molecular formula is C15H18FeO5. The van der Waals surface area contributed by atoms with E-state index in [1.54, 1.807) is 0 Å². The van der Waals surface area contributed by atoms with Crippen LogP contribution >= 0.6 is 0 Å². The molecule has 0 saturated heterocycles. The third-order valence-corrected chi connectivity index (χ3v) is 2.36. The van der Waals surface area contributed by atoms with Crippen molar-refractivity contribution in [3.63, 3.8) is 0 Å². The molecule has 0 radical (unpaired) electrons. The number of allylic oxidation sites excluding steroid dienone is 4. The zero-order chi connectivity index (χ0) is 16.2. The van der Waals surface area contributed by atoms with Crippen molar-refractivity contribution in [2.45, 2.75) is 32.6 Å². The maximum absolute atomic E-state index is 11.1. The Labute approximate surface area is 136 Å². The summed E-state index contributed by atoms with van der Waals surface area (Å²) in [6, 6.07) is 0. The molecule has 116 valence electrons. The minimum Gasteiger partial charge on any atom is 0 e. The number of hydrogen-bond donors (Lipinski definition) is 0. The second-order valence-electron chi connectivity index (χ2n) is 3.49. The first-order valence-corrected chi connectivity index (χ1v) is 5.93. The second kappa shape index (κ2) is 27.1. The first kappa shape index (κ1) is 27.9. The van der Waals surface area contributed by atoms with Crippen molar-refractivity contribution in [1.29, 1.82) is 0 Å².